The van der Waals surface area contributed by atoms with E-state index in [1.165, 1.54) is 0 Å². The van der Waals surface area contributed by atoms with Crippen LogP contribution in [-0.2, 0) is 20.6 Å². The molecule has 1 heterocycles. The van der Waals surface area contributed by atoms with Crippen molar-refractivity contribution in [2.45, 2.75) is 59.4 Å². The molecule has 22 heavy (non-hydrogen) atoms. The molecular weight excluding hydrogens is 294 g/mol. The first-order valence-electron chi connectivity index (χ1n) is 7.66. The lowest BCUT2D eigenvalue weighted by atomic mass is 9.95. The van der Waals surface area contributed by atoms with Crippen LogP contribution in [0.5, 0.6) is 0 Å². The van der Waals surface area contributed by atoms with Crippen LogP contribution in [0, 0.1) is 5.41 Å². The minimum Gasteiger partial charge on any atom is -0.460 e. The first kappa shape index (κ1) is 18.8. The van der Waals surface area contributed by atoms with Crippen LogP contribution in [0.25, 0.3) is 0 Å². The van der Waals surface area contributed by atoms with Gasteiger partial charge in [0.15, 0.2) is 8.32 Å². The van der Waals surface area contributed by atoms with Crippen LogP contribution < -0.4 is 0 Å². The second-order valence-electron chi connectivity index (χ2n) is 7.87. The number of nitrogens with zero attached hydrogens (tertiary/aromatic N) is 1. The Morgan fingerprint density at radius 2 is 1.86 bits per heavy atom. The lowest BCUT2D eigenvalue weighted by Crippen LogP contribution is -2.44. The molecule has 0 N–H and O–H groups in total. The van der Waals surface area contributed by atoms with E-state index in [4.69, 9.17) is 9.16 Å². The fraction of sp³-hybridized carbons (Fsp3) is 0.647. The molecule has 0 aliphatic rings. The third-order valence-electron chi connectivity index (χ3n) is 4.25. The number of esters is 1. The van der Waals surface area contributed by atoms with E-state index in [0.29, 0.717) is 6.61 Å². The summed E-state index contributed by atoms with van der Waals surface area (Å²) in [7, 11) is -1.87. The van der Waals surface area contributed by atoms with Gasteiger partial charge in [-0.15, -0.1) is 0 Å². The maximum absolute atomic E-state index is 12.3. The Morgan fingerprint density at radius 1 is 1.23 bits per heavy atom. The first-order chi connectivity index (χ1) is 9.96. The molecule has 0 aromatic carbocycles. The molecule has 0 amide bonds. The number of carbonyl (C=O) groups excluding carboxylic acids is 1. The van der Waals surface area contributed by atoms with Crippen molar-refractivity contribution in [2.75, 3.05) is 6.61 Å². The van der Waals surface area contributed by atoms with E-state index >= 15 is 0 Å². The summed E-state index contributed by atoms with van der Waals surface area (Å²) < 4.78 is 11.6. The quantitative estimate of drug-likeness (QED) is 0.582. The minimum absolute atomic E-state index is 0.128. The molecule has 124 valence electrons. The summed E-state index contributed by atoms with van der Waals surface area (Å²) in [5, 5.41) is 0.128. The molecule has 0 bridgehead atoms. The number of aromatic nitrogens is 1. The third kappa shape index (κ3) is 5.21. The van der Waals surface area contributed by atoms with Crippen molar-refractivity contribution in [3.63, 3.8) is 0 Å². The summed E-state index contributed by atoms with van der Waals surface area (Å²) in [6, 6.07) is 3.72. The molecule has 5 heteroatoms. The van der Waals surface area contributed by atoms with Gasteiger partial charge < -0.3 is 9.16 Å². The van der Waals surface area contributed by atoms with Gasteiger partial charge in [0.1, 0.15) is 6.61 Å². The summed E-state index contributed by atoms with van der Waals surface area (Å²) in [6.07, 6.45) is 3.40. The molecule has 4 nitrogen and oxygen atoms in total. The molecule has 0 radical (unpaired) electrons. The Hall–Kier alpha value is -1.20. The van der Waals surface area contributed by atoms with Crippen molar-refractivity contribution in [1.29, 1.82) is 0 Å². The van der Waals surface area contributed by atoms with Gasteiger partial charge in [0.25, 0.3) is 0 Å². The molecule has 1 rings (SSSR count). The van der Waals surface area contributed by atoms with Crippen molar-refractivity contribution >= 4 is 14.3 Å². The molecule has 0 fully saturated rings. The van der Waals surface area contributed by atoms with Gasteiger partial charge in [-0.25, -0.2) is 0 Å². The van der Waals surface area contributed by atoms with E-state index in [1.807, 2.05) is 26.0 Å². The second-order valence-corrected chi connectivity index (χ2v) is 12.7. The van der Waals surface area contributed by atoms with E-state index in [9.17, 15) is 4.79 Å². The Kier molecular flexibility index (Phi) is 5.93. The van der Waals surface area contributed by atoms with E-state index < -0.39 is 13.7 Å². The highest BCUT2D eigenvalue weighted by atomic mass is 28.4. The van der Waals surface area contributed by atoms with Gasteiger partial charge in [0.05, 0.1) is 5.41 Å². The zero-order valence-electron chi connectivity index (χ0n) is 14.9. The van der Waals surface area contributed by atoms with E-state index in [2.05, 4.69) is 38.8 Å². The molecule has 1 aromatic rings. The van der Waals surface area contributed by atoms with Crippen molar-refractivity contribution in [1.82, 2.24) is 4.98 Å². The van der Waals surface area contributed by atoms with Gasteiger partial charge in [-0.2, -0.15) is 0 Å². The van der Waals surface area contributed by atoms with Crippen molar-refractivity contribution in [3.05, 3.63) is 30.1 Å². The molecule has 0 saturated carbocycles. The Morgan fingerprint density at radius 3 is 2.36 bits per heavy atom. The first-order valence-corrected chi connectivity index (χ1v) is 10.6. The average Bonchev–Trinajstić information content (AvgIpc) is 2.42. The van der Waals surface area contributed by atoms with Crippen molar-refractivity contribution in [2.24, 2.45) is 5.41 Å². The summed E-state index contributed by atoms with van der Waals surface area (Å²) in [4.78, 5) is 16.3. The molecule has 0 saturated heterocycles. The number of hydrogen-bond donors (Lipinski definition) is 0. The summed E-state index contributed by atoms with van der Waals surface area (Å²) in [5.74, 6) is -0.241. The number of rotatable bonds is 6. The molecule has 0 atom stereocenters. The number of pyridine rings is 1. The minimum atomic E-state index is -1.87. The number of ether oxygens (including phenoxy) is 1. The summed E-state index contributed by atoms with van der Waals surface area (Å²) >= 11 is 0. The van der Waals surface area contributed by atoms with Crippen molar-refractivity contribution < 1.29 is 14.0 Å². The number of hydrogen-bond acceptors (Lipinski definition) is 4. The van der Waals surface area contributed by atoms with Gasteiger partial charge >= 0.3 is 5.97 Å². The smallest absolute Gasteiger partial charge is 0.314 e. The van der Waals surface area contributed by atoms with E-state index in [-0.39, 0.29) is 17.6 Å². The molecule has 1 aromatic heterocycles. The average molecular weight is 324 g/mol. The van der Waals surface area contributed by atoms with Crippen LogP contribution >= 0.6 is 0 Å². The van der Waals surface area contributed by atoms with Crippen LogP contribution in [0.1, 0.15) is 40.2 Å². The predicted molar refractivity (Wildman–Crippen MR) is 91.0 cm³/mol. The van der Waals surface area contributed by atoms with Gasteiger partial charge in [-0.05, 0) is 38.0 Å². The molecule has 0 aliphatic heterocycles. The third-order valence-corrected chi connectivity index (χ3v) is 8.72. The molecule has 0 aliphatic carbocycles. The fourth-order valence-corrected chi connectivity index (χ4v) is 2.62. The lowest BCUT2D eigenvalue weighted by Gasteiger charge is -2.38. The van der Waals surface area contributed by atoms with Crippen LogP contribution in [-0.4, -0.2) is 25.9 Å². The predicted octanol–water partition coefficient (Wildman–Crippen LogP) is 4.17. The van der Waals surface area contributed by atoms with E-state index in [1.54, 1.807) is 12.4 Å². The zero-order valence-corrected chi connectivity index (χ0v) is 15.9. The Labute approximate surface area is 135 Å². The van der Waals surface area contributed by atoms with Gasteiger partial charge in [0, 0.05) is 24.6 Å². The van der Waals surface area contributed by atoms with Crippen LogP contribution in [0.15, 0.2) is 24.5 Å². The SMILES string of the molecule is CC(C)(CO[Si](C)(C)C(C)(C)C)C(=O)OCc1cccnc1. The fourth-order valence-electron chi connectivity index (χ4n) is 1.46. The standard InChI is InChI=1S/C17H29NO3Si/c1-16(2,3)22(6,7)21-13-17(4,5)15(19)20-12-14-9-8-10-18-11-14/h8-11H,12-13H2,1-7H3. The Bertz CT molecular complexity index is 492. The maximum atomic E-state index is 12.3. The van der Waals surface area contributed by atoms with Crippen LogP contribution in [0.3, 0.4) is 0 Å². The van der Waals surface area contributed by atoms with Crippen molar-refractivity contribution in [3.8, 4) is 0 Å². The topological polar surface area (TPSA) is 48.4 Å². The largest absolute Gasteiger partial charge is 0.460 e. The summed E-state index contributed by atoms with van der Waals surface area (Å²) in [5.41, 5.74) is 0.231. The highest BCUT2D eigenvalue weighted by molar-refractivity contribution is 6.74. The molecular formula is C17H29NO3Si. The normalized spacial score (nSPS) is 13.0. The Balaban J connectivity index is 2.56. The number of carbonyl (C=O) groups is 1. The summed E-state index contributed by atoms with van der Waals surface area (Å²) in [6.45, 7) is 15.3. The lowest BCUT2D eigenvalue weighted by molar-refractivity contribution is -0.157. The van der Waals surface area contributed by atoms with E-state index in [0.717, 1.165) is 5.56 Å². The molecule has 0 unspecified atom stereocenters. The van der Waals surface area contributed by atoms with Gasteiger partial charge in [-0.1, -0.05) is 26.8 Å². The maximum Gasteiger partial charge on any atom is 0.314 e. The van der Waals surface area contributed by atoms with Gasteiger partial charge in [-0.3, -0.25) is 9.78 Å². The van der Waals surface area contributed by atoms with Gasteiger partial charge in [0.2, 0.25) is 0 Å². The molecule has 0 spiro atoms. The second kappa shape index (κ2) is 6.92. The van der Waals surface area contributed by atoms with Crippen LogP contribution in [0.2, 0.25) is 18.1 Å². The highest BCUT2D eigenvalue weighted by Gasteiger charge is 2.40. The zero-order chi connectivity index (χ0) is 17.0. The van der Waals surface area contributed by atoms with Crippen LogP contribution in [0.4, 0.5) is 0 Å². The highest BCUT2D eigenvalue weighted by Crippen LogP contribution is 2.37. The monoisotopic (exact) mass is 323 g/mol.